The number of ether oxygens (including phenoxy) is 2. The lowest BCUT2D eigenvalue weighted by Crippen LogP contribution is -2.51. The van der Waals surface area contributed by atoms with Gasteiger partial charge in [-0.25, -0.2) is 13.8 Å². The number of nitrogens with zero attached hydrogens (tertiary/aromatic N) is 5. The fourth-order valence-corrected chi connectivity index (χ4v) is 5.50. The van der Waals surface area contributed by atoms with E-state index >= 15 is 0 Å². The lowest BCUT2D eigenvalue weighted by atomic mass is 9.91. The summed E-state index contributed by atoms with van der Waals surface area (Å²) < 4.78 is 38.7. The molecule has 1 saturated heterocycles. The highest BCUT2D eigenvalue weighted by Gasteiger charge is 2.29. The lowest BCUT2D eigenvalue weighted by Gasteiger charge is -2.37. The molecule has 0 N–H and O–H groups in total. The third-order valence-corrected chi connectivity index (χ3v) is 7.95. The normalized spacial score (nSPS) is 17.7. The summed E-state index contributed by atoms with van der Waals surface area (Å²) in [5, 5.41) is 6.63. The van der Waals surface area contributed by atoms with Crippen molar-refractivity contribution in [1.82, 2.24) is 14.9 Å². The highest BCUT2D eigenvalue weighted by Crippen LogP contribution is 2.31. The van der Waals surface area contributed by atoms with Gasteiger partial charge in [-0.1, -0.05) is 19.1 Å². The van der Waals surface area contributed by atoms with Gasteiger partial charge in [-0.05, 0) is 73.9 Å². The Balaban J connectivity index is 1.31. The molecule has 0 bridgehead atoms. The summed E-state index contributed by atoms with van der Waals surface area (Å²) in [7, 11) is 1.65. The minimum Gasteiger partial charge on any atom is -0.488 e. The predicted molar refractivity (Wildman–Crippen MR) is 168 cm³/mol. The van der Waals surface area contributed by atoms with Crippen molar-refractivity contribution in [2.45, 2.75) is 33.3 Å². The van der Waals surface area contributed by atoms with Crippen molar-refractivity contribution < 1.29 is 23.0 Å². The zero-order chi connectivity index (χ0) is 31.2. The summed E-state index contributed by atoms with van der Waals surface area (Å²) in [6.45, 7) is 8.78. The SMILES string of the molecule is CCC1C=C(c2ccc(F)cc2)N(CC(=O)N2CCN(c3cc(OC(C)COC)c(C)cn3)CC2)N=C1c1ccc(F)cc1. The molecule has 2 unspecified atom stereocenters. The van der Waals surface area contributed by atoms with Crippen molar-refractivity contribution in [2.75, 3.05) is 51.3 Å². The minimum atomic E-state index is -0.334. The van der Waals surface area contributed by atoms with Gasteiger partial charge in [0.25, 0.3) is 0 Å². The number of carbonyl (C=O) groups is 1. The molecule has 0 saturated carbocycles. The molecule has 10 heteroatoms. The third-order valence-electron chi connectivity index (χ3n) is 7.95. The van der Waals surface area contributed by atoms with Crippen molar-refractivity contribution in [3.8, 4) is 5.75 Å². The molecule has 2 atom stereocenters. The number of allylic oxidation sites excluding steroid dienone is 1. The molecule has 232 valence electrons. The number of aromatic nitrogens is 1. The van der Waals surface area contributed by atoms with E-state index in [9.17, 15) is 13.6 Å². The summed E-state index contributed by atoms with van der Waals surface area (Å²) in [4.78, 5) is 22.3. The quantitative estimate of drug-likeness (QED) is 0.304. The molecule has 2 aliphatic heterocycles. The Morgan fingerprint density at radius 1 is 1.00 bits per heavy atom. The Hall–Kier alpha value is -4.31. The number of hydrogen-bond donors (Lipinski definition) is 0. The van der Waals surface area contributed by atoms with Gasteiger partial charge in [0.1, 0.15) is 35.9 Å². The Morgan fingerprint density at radius 2 is 1.64 bits per heavy atom. The number of halogens is 2. The van der Waals surface area contributed by atoms with E-state index in [1.807, 2.05) is 31.0 Å². The Kier molecular flexibility index (Phi) is 9.89. The van der Waals surface area contributed by atoms with Crippen LogP contribution in [0.25, 0.3) is 5.70 Å². The highest BCUT2D eigenvalue weighted by molar-refractivity contribution is 6.05. The Labute approximate surface area is 257 Å². The number of amides is 1. The smallest absolute Gasteiger partial charge is 0.244 e. The molecule has 3 heterocycles. The van der Waals surface area contributed by atoms with E-state index in [0.717, 1.165) is 46.1 Å². The van der Waals surface area contributed by atoms with Crippen LogP contribution < -0.4 is 9.64 Å². The molecule has 0 spiro atoms. The molecular weight excluding hydrogens is 564 g/mol. The molecule has 1 fully saturated rings. The first-order valence-electron chi connectivity index (χ1n) is 15.0. The fraction of sp³-hybridized carbons (Fsp3) is 0.382. The van der Waals surface area contributed by atoms with Crippen LogP contribution in [0.15, 0.2) is 72.0 Å². The fourth-order valence-electron chi connectivity index (χ4n) is 5.50. The standard InChI is InChI=1S/C34H39F2N5O3/c1-5-25-18-30(26-6-10-28(35)11-7-26)41(38-34(25)27-8-12-29(36)13-9-27)21-33(42)40-16-14-39(15-17-40)32-19-31(23(2)20-37-32)44-24(3)22-43-4/h6-13,18-20,24-25H,5,14-17,21-22H2,1-4H3. The first kappa shape index (κ1) is 31.1. The van der Waals surface area contributed by atoms with Gasteiger partial charge in [-0.2, -0.15) is 5.10 Å². The van der Waals surface area contributed by atoms with Crippen molar-refractivity contribution in [3.63, 3.8) is 0 Å². The molecule has 2 aliphatic rings. The van der Waals surface area contributed by atoms with Crippen LogP contribution in [-0.4, -0.2) is 79.1 Å². The number of anilines is 1. The van der Waals surface area contributed by atoms with Gasteiger partial charge in [0.05, 0.1) is 18.0 Å². The van der Waals surface area contributed by atoms with Crippen LogP contribution in [0.1, 0.15) is 37.0 Å². The van der Waals surface area contributed by atoms with Gasteiger partial charge in [-0.15, -0.1) is 0 Å². The van der Waals surface area contributed by atoms with E-state index in [-0.39, 0.29) is 36.1 Å². The first-order chi connectivity index (χ1) is 21.2. The van der Waals surface area contributed by atoms with Crippen LogP contribution in [0.2, 0.25) is 0 Å². The van der Waals surface area contributed by atoms with E-state index in [1.165, 1.54) is 24.3 Å². The van der Waals surface area contributed by atoms with Gasteiger partial charge in [0.15, 0.2) is 0 Å². The Morgan fingerprint density at radius 3 is 2.25 bits per heavy atom. The minimum absolute atomic E-state index is 0.0164. The van der Waals surface area contributed by atoms with Crippen LogP contribution in [0, 0.1) is 24.5 Å². The number of methoxy groups -OCH3 is 1. The second-order valence-electron chi connectivity index (χ2n) is 11.2. The number of pyridine rings is 1. The zero-order valence-electron chi connectivity index (χ0n) is 25.7. The number of carbonyl (C=O) groups excluding carboxylic acids is 1. The van der Waals surface area contributed by atoms with Crippen molar-refractivity contribution in [1.29, 1.82) is 0 Å². The summed E-state index contributed by atoms with van der Waals surface area (Å²) in [5.41, 5.74) is 4.02. The van der Waals surface area contributed by atoms with Gasteiger partial charge in [0, 0.05) is 57.0 Å². The first-order valence-corrected chi connectivity index (χ1v) is 15.0. The topological polar surface area (TPSA) is 70.5 Å². The van der Waals surface area contributed by atoms with Crippen LogP contribution in [0.3, 0.4) is 0 Å². The van der Waals surface area contributed by atoms with E-state index in [4.69, 9.17) is 14.6 Å². The molecule has 5 rings (SSSR count). The number of piperazine rings is 1. The molecule has 0 radical (unpaired) electrons. The molecule has 1 aromatic heterocycles. The monoisotopic (exact) mass is 603 g/mol. The highest BCUT2D eigenvalue weighted by atomic mass is 19.1. The summed E-state index contributed by atoms with van der Waals surface area (Å²) in [5.74, 6) is 0.798. The Bertz CT molecular complexity index is 1500. The van der Waals surface area contributed by atoms with Crippen LogP contribution >= 0.6 is 0 Å². The third kappa shape index (κ3) is 7.24. The van der Waals surface area contributed by atoms with E-state index < -0.39 is 0 Å². The van der Waals surface area contributed by atoms with E-state index in [2.05, 4.69) is 22.9 Å². The summed E-state index contributed by atoms with van der Waals surface area (Å²) in [6, 6.07) is 14.4. The maximum atomic E-state index is 13.8. The summed E-state index contributed by atoms with van der Waals surface area (Å²) in [6.07, 6.45) is 4.54. The largest absolute Gasteiger partial charge is 0.488 e. The van der Waals surface area contributed by atoms with E-state index in [0.29, 0.717) is 32.8 Å². The molecule has 3 aromatic rings. The van der Waals surface area contributed by atoms with Crippen molar-refractivity contribution in [3.05, 3.63) is 95.2 Å². The second-order valence-corrected chi connectivity index (χ2v) is 11.2. The predicted octanol–water partition coefficient (Wildman–Crippen LogP) is 5.52. The maximum Gasteiger partial charge on any atom is 0.244 e. The van der Waals surface area contributed by atoms with Crippen LogP contribution in [-0.2, 0) is 9.53 Å². The average molecular weight is 604 g/mol. The number of rotatable bonds is 10. The van der Waals surface area contributed by atoms with Crippen molar-refractivity contribution >= 4 is 23.1 Å². The molecule has 1 amide bonds. The molecule has 8 nitrogen and oxygen atoms in total. The summed E-state index contributed by atoms with van der Waals surface area (Å²) >= 11 is 0. The molecular formula is C34H39F2N5O3. The lowest BCUT2D eigenvalue weighted by molar-refractivity contribution is -0.132. The maximum absolute atomic E-state index is 13.8. The van der Waals surface area contributed by atoms with Gasteiger partial charge in [0.2, 0.25) is 5.91 Å². The number of hydrogen-bond acceptors (Lipinski definition) is 7. The van der Waals surface area contributed by atoms with Crippen LogP contribution in [0.5, 0.6) is 5.75 Å². The van der Waals surface area contributed by atoms with Gasteiger partial charge in [-0.3, -0.25) is 9.80 Å². The average Bonchev–Trinajstić information content (AvgIpc) is 3.03. The van der Waals surface area contributed by atoms with Gasteiger partial charge >= 0.3 is 0 Å². The van der Waals surface area contributed by atoms with Crippen LogP contribution in [0.4, 0.5) is 14.6 Å². The van der Waals surface area contributed by atoms with Gasteiger partial charge < -0.3 is 19.3 Å². The molecule has 44 heavy (non-hydrogen) atoms. The molecule has 2 aromatic carbocycles. The molecule has 0 aliphatic carbocycles. The number of benzene rings is 2. The zero-order valence-corrected chi connectivity index (χ0v) is 25.7. The van der Waals surface area contributed by atoms with Crippen molar-refractivity contribution in [2.24, 2.45) is 11.0 Å². The number of aryl methyl sites for hydroxylation is 1. The van der Waals surface area contributed by atoms with E-state index in [1.54, 1.807) is 36.4 Å². The second kappa shape index (κ2) is 14.0. The number of hydrazone groups is 1.